The lowest BCUT2D eigenvalue weighted by molar-refractivity contribution is -0.339. The summed E-state index contributed by atoms with van der Waals surface area (Å²) < 4.78 is 37.6. The fourth-order valence-corrected chi connectivity index (χ4v) is 0.519. The lowest BCUT2D eigenvalue weighted by Crippen LogP contribution is -2.26. The van der Waals surface area contributed by atoms with Gasteiger partial charge in [0.15, 0.2) is 12.6 Å². The monoisotopic (exact) mass is 153 g/mol. The van der Waals surface area contributed by atoms with E-state index in [0.717, 1.165) is 0 Å². The summed E-state index contributed by atoms with van der Waals surface area (Å²) in [6.07, 6.45) is -3.63. The van der Waals surface area contributed by atoms with Crippen LogP contribution in [-0.2, 0) is 4.74 Å². The normalized spacial score (nSPS) is 24.9. The molecule has 10 heavy (non-hydrogen) atoms. The van der Waals surface area contributed by atoms with Crippen LogP contribution < -0.4 is 5.32 Å². The van der Waals surface area contributed by atoms with Crippen LogP contribution in [0.5, 0.6) is 0 Å². The van der Waals surface area contributed by atoms with E-state index in [9.17, 15) is 13.2 Å². The quantitative estimate of drug-likeness (QED) is 0.590. The highest BCUT2D eigenvalue weighted by Crippen LogP contribution is 2.19. The first-order valence-corrected chi connectivity index (χ1v) is 2.50. The van der Waals surface area contributed by atoms with Gasteiger partial charge in [-0.05, 0) is 0 Å². The molecule has 1 heterocycles. The van der Waals surface area contributed by atoms with Crippen molar-refractivity contribution >= 4 is 6.34 Å². The Kier molecular flexibility index (Phi) is 1.80. The molecule has 1 radical (unpaired) electrons. The van der Waals surface area contributed by atoms with E-state index < -0.39 is 12.6 Å². The van der Waals surface area contributed by atoms with Crippen molar-refractivity contribution in [2.24, 2.45) is 4.99 Å². The molecule has 0 spiro atoms. The molecule has 1 aliphatic rings. The predicted octanol–water partition coefficient (Wildman–Crippen LogP) is 0.357. The number of rotatable bonds is 1. The molecule has 0 saturated heterocycles. The highest BCUT2D eigenvalue weighted by molar-refractivity contribution is 5.56. The smallest absolute Gasteiger partial charge is 0.363 e. The number of hydrogen-bond acceptors (Lipinski definition) is 3. The summed E-state index contributed by atoms with van der Waals surface area (Å²) in [7, 11) is 0. The summed E-state index contributed by atoms with van der Waals surface area (Å²) in [4.78, 5) is 3.22. The second-order valence-electron chi connectivity index (χ2n) is 1.64. The minimum atomic E-state index is -4.61. The second kappa shape index (κ2) is 2.45. The van der Waals surface area contributed by atoms with Crippen molar-refractivity contribution in [3.8, 4) is 0 Å². The molecule has 0 aliphatic carbocycles. The topological polar surface area (TPSA) is 33.6 Å². The average Bonchev–Trinajstić information content (AvgIpc) is 2.12. The van der Waals surface area contributed by atoms with E-state index in [2.05, 4.69) is 21.4 Å². The van der Waals surface area contributed by atoms with Crippen LogP contribution in [0, 0.1) is 0 Å². The van der Waals surface area contributed by atoms with Crippen LogP contribution >= 0.6 is 0 Å². The van der Waals surface area contributed by atoms with Crippen LogP contribution in [0.2, 0.25) is 0 Å². The molecule has 1 aliphatic heterocycles. The van der Waals surface area contributed by atoms with Crippen LogP contribution in [0.3, 0.4) is 0 Å². The molecular weight excluding hydrogens is 149 g/mol. The molecule has 0 fully saturated rings. The Balaban J connectivity index is 2.31. The van der Waals surface area contributed by atoms with Gasteiger partial charge in [0.1, 0.15) is 0 Å². The summed E-state index contributed by atoms with van der Waals surface area (Å²) in [6, 6.07) is 0. The standard InChI is InChI=1S/C4H4F3N2O/c5-4(6,7)10-3-1-8-2-9-3/h3H,1H2,(H,8,9). The number of aliphatic imine (C=N–C) groups is 1. The largest absolute Gasteiger partial charge is 0.524 e. The average molecular weight is 153 g/mol. The molecule has 0 amide bonds. The van der Waals surface area contributed by atoms with E-state index >= 15 is 0 Å². The first-order valence-electron chi connectivity index (χ1n) is 2.50. The first kappa shape index (κ1) is 7.33. The molecule has 1 rings (SSSR count). The maximum atomic E-state index is 11.4. The van der Waals surface area contributed by atoms with E-state index in [1.165, 1.54) is 0 Å². The van der Waals surface area contributed by atoms with Gasteiger partial charge in [0.05, 0.1) is 6.54 Å². The van der Waals surface area contributed by atoms with Gasteiger partial charge in [-0.2, -0.15) is 0 Å². The molecule has 0 aromatic carbocycles. The Morgan fingerprint density at radius 1 is 1.60 bits per heavy atom. The van der Waals surface area contributed by atoms with Gasteiger partial charge in [0.25, 0.3) is 0 Å². The zero-order chi connectivity index (χ0) is 7.61. The van der Waals surface area contributed by atoms with E-state index in [4.69, 9.17) is 0 Å². The third-order valence-electron chi connectivity index (χ3n) is 0.834. The Hall–Kier alpha value is -0.780. The van der Waals surface area contributed by atoms with Gasteiger partial charge in [-0.25, -0.2) is 4.99 Å². The van der Waals surface area contributed by atoms with Gasteiger partial charge in [0, 0.05) is 0 Å². The second-order valence-corrected chi connectivity index (χ2v) is 1.64. The highest BCUT2D eigenvalue weighted by atomic mass is 19.4. The zero-order valence-corrected chi connectivity index (χ0v) is 4.77. The molecule has 3 nitrogen and oxygen atoms in total. The molecule has 1 atom stereocenters. The Morgan fingerprint density at radius 2 is 2.30 bits per heavy atom. The SMILES string of the molecule is FC(F)(F)OC1CN[C]=N1. The maximum absolute atomic E-state index is 11.4. The maximum Gasteiger partial charge on any atom is 0.524 e. The van der Waals surface area contributed by atoms with Gasteiger partial charge in [0.2, 0.25) is 0 Å². The van der Waals surface area contributed by atoms with Crippen molar-refractivity contribution in [1.82, 2.24) is 5.32 Å². The predicted molar refractivity (Wildman–Crippen MR) is 26.4 cm³/mol. The van der Waals surface area contributed by atoms with Gasteiger partial charge in [-0.3, -0.25) is 4.74 Å². The minimum Gasteiger partial charge on any atom is -0.363 e. The van der Waals surface area contributed by atoms with Gasteiger partial charge in [-0.1, -0.05) is 0 Å². The fourth-order valence-electron chi connectivity index (χ4n) is 0.519. The Bertz CT molecular complexity index is 144. The summed E-state index contributed by atoms with van der Waals surface area (Å²) in [5.41, 5.74) is 0. The van der Waals surface area contributed by atoms with E-state index in [1.54, 1.807) is 0 Å². The number of halogens is 3. The summed E-state index contributed by atoms with van der Waals surface area (Å²) in [6.45, 7) is 0.0273. The third kappa shape index (κ3) is 2.22. The number of nitrogens with zero attached hydrogens (tertiary/aromatic N) is 1. The lowest BCUT2D eigenvalue weighted by Gasteiger charge is -2.09. The minimum absolute atomic E-state index is 0.0273. The molecule has 0 aromatic rings. The van der Waals surface area contributed by atoms with Crippen molar-refractivity contribution in [3.63, 3.8) is 0 Å². The van der Waals surface area contributed by atoms with E-state index in [-0.39, 0.29) is 6.54 Å². The Morgan fingerprint density at radius 3 is 2.70 bits per heavy atom. The van der Waals surface area contributed by atoms with Gasteiger partial charge in [-0.15, -0.1) is 13.2 Å². The van der Waals surface area contributed by atoms with Crippen LogP contribution in [0.1, 0.15) is 0 Å². The number of nitrogens with one attached hydrogen (secondary N) is 1. The summed E-state index contributed by atoms with van der Waals surface area (Å²) in [5, 5.41) is 2.35. The fraction of sp³-hybridized carbons (Fsp3) is 0.750. The third-order valence-corrected chi connectivity index (χ3v) is 0.834. The molecule has 1 N–H and O–H groups in total. The number of alkyl halides is 3. The summed E-state index contributed by atoms with van der Waals surface area (Å²) in [5.74, 6) is 0. The van der Waals surface area contributed by atoms with E-state index in [1.807, 2.05) is 0 Å². The number of ether oxygens (including phenoxy) is 1. The van der Waals surface area contributed by atoms with Crippen LogP contribution in [-0.4, -0.2) is 25.5 Å². The van der Waals surface area contributed by atoms with Gasteiger partial charge < -0.3 is 5.32 Å². The first-order chi connectivity index (χ1) is 4.58. The van der Waals surface area contributed by atoms with E-state index in [0.29, 0.717) is 0 Å². The van der Waals surface area contributed by atoms with Crippen LogP contribution in [0.4, 0.5) is 13.2 Å². The van der Waals surface area contributed by atoms with Crippen LogP contribution in [0.15, 0.2) is 4.99 Å². The summed E-state index contributed by atoms with van der Waals surface area (Å²) >= 11 is 0. The molecular formula is C4H4F3N2O. The molecule has 0 aromatic heterocycles. The molecule has 0 saturated carbocycles. The van der Waals surface area contributed by atoms with Crippen molar-refractivity contribution in [2.75, 3.05) is 6.54 Å². The lowest BCUT2D eigenvalue weighted by atomic mass is 10.6. The number of hydrogen-bond donors (Lipinski definition) is 1. The Labute approximate surface area is 54.9 Å². The molecule has 57 valence electrons. The molecule has 0 bridgehead atoms. The van der Waals surface area contributed by atoms with Crippen molar-refractivity contribution in [1.29, 1.82) is 0 Å². The van der Waals surface area contributed by atoms with Crippen molar-refractivity contribution < 1.29 is 17.9 Å². The van der Waals surface area contributed by atoms with Crippen LogP contribution in [0.25, 0.3) is 0 Å². The highest BCUT2D eigenvalue weighted by Gasteiger charge is 2.34. The van der Waals surface area contributed by atoms with Crippen molar-refractivity contribution in [3.05, 3.63) is 0 Å². The zero-order valence-electron chi connectivity index (χ0n) is 4.77. The van der Waals surface area contributed by atoms with Gasteiger partial charge >= 0.3 is 6.36 Å². The van der Waals surface area contributed by atoms with Crippen molar-refractivity contribution in [2.45, 2.75) is 12.6 Å². The molecule has 1 unspecified atom stereocenters. The molecule has 6 heteroatoms.